The number of pyridine rings is 1. The minimum absolute atomic E-state index is 0.0250. The molecule has 1 aromatic heterocycles. The highest BCUT2D eigenvalue weighted by molar-refractivity contribution is 5.81. The van der Waals surface area contributed by atoms with Crippen molar-refractivity contribution >= 4 is 17.7 Å². The van der Waals surface area contributed by atoms with Crippen LogP contribution in [-0.4, -0.2) is 59.6 Å². The summed E-state index contributed by atoms with van der Waals surface area (Å²) in [6.45, 7) is 3.82. The van der Waals surface area contributed by atoms with E-state index in [1.807, 2.05) is 24.3 Å². The molecule has 1 unspecified atom stereocenters. The van der Waals surface area contributed by atoms with Crippen molar-refractivity contribution in [3.8, 4) is 0 Å². The number of aliphatic carboxylic acids is 1. The number of nitrogens with one attached hydrogen (secondary N) is 2. The number of carbonyl (C=O) groups excluding carboxylic acids is 1. The van der Waals surface area contributed by atoms with E-state index >= 15 is 0 Å². The third kappa shape index (κ3) is 6.25. The maximum absolute atomic E-state index is 12.9. The Bertz CT molecular complexity index is 1070. The number of anilines is 1. The van der Waals surface area contributed by atoms with Gasteiger partial charge in [-0.1, -0.05) is 30.3 Å². The van der Waals surface area contributed by atoms with E-state index in [2.05, 4.69) is 27.7 Å². The smallest absolute Gasteiger partial charge is 0.312 e. The predicted molar refractivity (Wildman–Crippen MR) is 140 cm³/mol. The molecule has 7 heteroatoms. The zero-order valence-corrected chi connectivity index (χ0v) is 21.0. The second-order valence-corrected chi connectivity index (χ2v) is 10.7. The van der Waals surface area contributed by atoms with Crippen LogP contribution in [0.4, 0.5) is 5.82 Å². The van der Waals surface area contributed by atoms with E-state index in [0.717, 1.165) is 75.4 Å². The number of aryl methyl sites for hydroxylation is 2. The number of piperidine rings is 1. The van der Waals surface area contributed by atoms with E-state index in [-0.39, 0.29) is 18.4 Å². The molecule has 7 nitrogen and oxygen atoms in total. The molecule has 0 radical (unpaired) electrons. The van der Waals surface area contributed by atoms with Crippen molar-refractivity contribution in [2.24, 2.45) is 5.92 Å². The van der Waals surface area contributed by atoms with E-state index in [1.54, 1.807) is 0 Å². The number of benzene rings is 1. The summed E-state index contributed by atoms with van der Waals surface area (Å²) >= 11 is 0. The average Bonchev–Trinajstić information content (AvgIpc) is 3.75. The van der Waals surface area contributed by atoms with Crippen LogP contribution < -0.4 is 10.6 Å². The van der Waals surface area contributed by atoms with Crippen molar-refractivity contribution in [2.75, 3.05) is 38.0 Å². The van der Waals surface area contributed by atoms with Gasteiger partial charge in [-0.25, -0.2) is 4.98 Å². The van der Waals surface area contributed by atoms with Gasteiger partial charge in [-0.05, 0) is 93.1 Å². The van der Waals surface area contributed by atoms with Gasteiger partial charge in [0.2, 0.25) is 5.91 Å². The highest BCUT2D eigenvalue weighted by Gasteiger charge is 2.28. The summed E-state index contributed by atoms with van der Waals surface area (Å²) in [5, 5.41) is 16.1. The number of carboxylic acid groups (broad SMARTS) is 1. The molecule has 3 aliphatic rings. The summed E-state index contributed by atoms with van der Waals surface area (Å²) in [6.07, 6.45) is 8.50. The van der Waals surface area contributed by atoms with Gasteiger partial charge in [-0.2, -0.15) is 0 Å². The Labute approximate surface area is 213 Å². The third-order valence-corrected chi connectivity index (χ3v) is 7.90. The van der Waals surface area contributed by atoms with Crippen molar-refractivity contribution in [1.29, 1.82) is 0 Å². The summed E-state index contributed by atoms with van der Waals surface area (Å²) < 4.78 is 0. The molecule has 2 aliphatic heterocycles. The van der Waals surface area contributed by atoms with Gasteiger partial charge in [0.05, 0.1) is 11.8 Å². The van der Waals surface area contributed by atoms with Crippen LogP contribution in [0, 0.1) is 5.92 Å². The molecule has 36 heavy (non-hydrogen) atoms. The SMILES string of the molecule is O=C(O)C(CNC(=O)[C@@H]1CCCN(CCCc2ccc3c(n2)NCCC3)C1)c1ccc(C2CC2)cc1. The molecule has 0 spiro atoms. The first-order chi connectivity index (χ1) is 17.6. The van der Waals surface area contributed by atoms with E-state index in [9.17, 15) is 14.7 Å². The van der Waals surface area contributed by atoms with Gasteiger partial charge >= 0.3 is 5.97 Å². The van der Waals surface area contributed by atoms with Gasteiger partial charge in [0.15, 0.2) is 0 Å². The van der Waals surface area contributed by atoms with Gasteiger partial charge in [0.1, 0.15) is 5.82 Å². The maximum Gasteiger partial charge on any atom is 0.312 e. The van der Waals surface area contributed by atoms with Crippen LogP contribution in [0.2, 0.25) is 0 Å². The van der Waals surface area contributed by atoms with Crippen LogP contribution in [0.3, 0.4) is 0 Å². The molecule has 3 N–H and O–H groups in total. The Morgan fingerprint density at radius 3 is 2.72 bits per heavy atom. The predicted octanol–water partition coefficient (Wildman–Crippen LogP) is 3.95. The lowest BCUT2D eigenvalue weighted by molar-refractivity contribution is -0.138. The molecule has 2 fully saturated rings. The van der Waals surface area contributed by atoms with Crippen LogP contribution in [0.5, 0.6) is 0 Å². The standard InChI is InChI=1S/C29H38N4O3/c34-28(31-18-26(29(35)36)22-11-9-21(10-12-22)20-7-8-20)24-5-2-16-33(19-24)17-3-6-25-14-13-23-4-1-15-30-27(23)32-25/h9-14,20,24,26H,1-8,15-19H2,(H,30,32)(H,31,34)(H,35,36)/t24-,26?/m1/s1. The molecule has 192 valence electrons. The van der Waals surface area contributed by atoms with Gasteiger partial charge in [0, 0.05) is 25.3 Å². The molecule has 1 aliphatic carbocycles. The maximum atomic E-state index is 12.9. The Hall–Kier alpha value is -2.93. The molecular formula is C29H38N4O3. The van der Waals surface area contributed by atoms with Crippen molar-refractivity contribution in [2.45, 2.75) is 63.2 Å². The topological polar surface area (TPSA) is 94.6 Å². The lowest BCUT2D eigenvalue weighted by Gasteiger charge is -2.32. The summed E-state index contributed by atoms with van der Waals surface area (Å²) in [5.41, 5.74) is 4.48. The fraction of sp³-hybridized carbons (Fsp3) is 0.552. The fourth-order valence-electron chi connectivity index (χ4n) is 5.58. The number of aromatic nitrogens is 1. The normalized spacial score (nSPS) is 20.7. The number of carbonyl (C=O) groups is 2. The number of rotatable bonds is 10. The second-order valence-electron chi connectivity index (χ2n) is 10.7. The van der Waals surface area contributed by atoms with Crippen LogP contribution in [0.15, 0.2) is 36.4 Å². The third-order valence-electron chi connectivity index (χ3n) is 7.90. The molecule has 1 saturated heterocycles. The van der Waals surface area contributed by atoms with Crippen molar-refractivity contribution < 1.29 is 14.7 Å². The number of amides is 1. The first-order valence-corrected chi connectivity index (χ1v) is 13.6. The molecular weight excluding hydrogens is 452 g/mol. The second kappa shape index (κ2) is 11.4. The average molecular weight is 491 g/mol. The molecule has 1 amide bonds. The molecule has 2 aromatic rings. The first kappa shape index (κ1) is 24.8. The van der Waals surface area contributed by atoms with E-state index in [0.29, 0.717) is 5.92 Å². The summed E-state index contributed by atoms with van der Waals surface area (Å²) in [4.78, 5) is 32.0. The molecule has 3 heterocycles. The van der Waals surface area contributed by atoms with E-state index in [1.165, 1.54) is 30.4 Å². The Morgan fingerprint density at radius 1 is 1.11 bits per heavy atom. The Kier molecular flexibility index (Phi) is 7.85. The number of nitrogens with zero attached hydrogens (tertiary/aromatic N) is 2. The van der Waals surface area contributed by atoms with Crippen LogP contribution in [0.25, 0.3) is 0 Å². The largest absolute Gasteiger partial charge is 0.481 e. The summed E-state index contributed by atoms with van der Waals surface area (Å²) in [5.74, 6) is -0.0414. The molecule has 0 bridgehead atoms. The van der Waals surface area contributed by atoms with Crippen molar-refractivity contribution in [3.05, 3.63) is 58.8 Å². The van der Waals surface area contributed by atoms with Gasteiger partial charge < -0.3 is 20.6 Å². The summed E-state index contributed by atoms with van der Waals surface area (Å²) in [7, 11) is 0. The lowest BCUT2D eigenvalue weighted by Crippen LogP contribution is -2.44. The van der Waals surface area contributed by atoms with E-state index < -0.39 is 11.9 Å². The minimum Gasteiger partial charge on any atom is -0.481 e. The number of hydrogen-bond acceptors (Lipinski definition) is 5. The quantitative estimate of drug-likeness (QED) is 0.467. The fourth-order valence-corrected chi connectivity index (χ4v) is 5.58. The Balaban J connectivity index is 1.08. The molecule has 5 rings (SSSR count). The van der Waals surface area contributed by atoms with Gasteiger partial charge in [-0.15, -0.1) is 0 Å². The minimum atomic E-state index is -0.897. The first-order valence-electron chi connectivity index (χ1n) is 13.6. The number of hydrogen-bond donors (Lipinski definition) is 3. The molecule has 2 atom stereocenters. The molecule has 1 aromatic carbocycles. The molecule has 1 saturated carbocycles. The highest BCUT2D eigenvalue weighted by atomic mass is 16.4. The Morgan fingerprint density at radius 2 is 1.94 bits per heavy atom. The highest BCUT2D eigenvalue weighted by Crippen LogP contribution is 2.40. The zero-order chi connectivity index (χ0) is 24.9. The zero-order valence-electron chi connectivity index (χ0n) is 21.0. The number of fused-ring (bicyclic) bond motifs is 1. The summed E-state index contributed by atoms with van der Waals surface area (Å²) in [6, 6.07) is 12.3. The number of likely N-dealkylation sites (tertiary alicyclic amines) is 1. The van der Waals surface area contributed by atoms with Crippen molar-refractivity contribution in [1.82, 2.24) is 15.2 Å². The van der Waals surface area contributed by atoms with E-state index in [4.69, 9.17) is 4.98 Å². The lowest BCUT2D eigenvalue weighted by atomic mass is 9.95. The van der Waals surface area contributed by atoms with Crippen LogP contribution in [0.1, 0.15) is 72.7 Å². The van der Waals surface area contributed by atoms with Crippen LogP contribution >= 0.6 is 0 Å². The monoisotopic (exact) mass is 490 g/mol. The number of carboxylic acids is 1. The van der Waals surface area contributed by atoms with Crippen LogP contribution in [-0.2, 0) is 22.4 Å². The van der Waals surface area contributed by atoms with Gasteiger partial charge in [0.25, 0.3) is 0 Å². The van der Waals surface area contributed by atoms with Gasteiger partial charge in [-0.3, -0.25) is 9.59 Å². The van der Waals surface area contributed by atoms with Crippen molar-refractivity contribution in [3.63, 3.8) is 0 Å².